The molecule has 0 fully saturated rings. The van der Waals surface area contributed by atoms with Gasteiger partial charge in [-0.05, 0) is 37.1 Å². The summed E-state index contributed by atoms with van der Waals surface area (Å²) < 4.78 is 12.6. The van der Waals surface area contributed by atoms with Crippen molar-refractivity contribution in [3.63, 3.8) is 0 Å². The second-order valence-electron chi connectivity index (χ2n) is 5.23. The van der Waals surface area contributed by atoms with Gasteiger partial charge in [-0.1, -0.05) is 13.0 Å². The highest BCUT2D eigenvalue weighted by atomic mass is 35.5. The third-order valence-corrected chi connectivity index (χ3v) is 3.51. The zero-order valence-corrected chi connectivity index (χ0v) is 14.9. The second-order valence-corrected chi connectivity index (χ2v) is 5.23. The number of nitrogens with one attached hydrogen (secondary N) is 1. The number of hydrogen-bond donors (Lipinski definition) is 1. The van der Waals surface area contributed by atoms with Crippen LogP contribution in [0.15, 0.2) is 30.6 Å². The predicted molar refractivity (Wildman–Crippen MR) is 94.7 cm³/mol. The van der Waals surface area contributed by atoms with E-state index in [4.69, 9.17) is 9.47 Å². The molecule has 0 aliphatic rings. The lowest BCUT2D eigenvalue weighted by Gasteiger charge is -2.09. The predicted octanol–water partition coefficient (Wildman–Crippen LogP) is 3.06. The quantitative estimate of drug-likeness (QED) is 0.713. The monoisotopic (exact) mass is 339 g/mol. The number of nitrogens with zero attached hydrogens (tertiary/aromatic N) is 2. The number of aromatic nitrogens is 2. The van der Waals surface area contributed by atoms with Crippen LogP contribution in [-0.4, -0.2) is 30.5 Å². The molecule has 2 rings (SSSR count). The smallest absolute Gasteiger partial charge is 0.160 e. The summed E-state index contributed by atoms with van der Waals surface area (Å²) in [5.74, 6) is 1.54. The first-order chi connectivity index (χ1) is 10.8. The zero-order valence-electron chi connectivity index (χ0n) is 14.0. The molecule has 23 heavy (non-hydrogen) atoms. The van der Waals surface area contributed by atoms with E-state index >= 15 is 0 Å². The van der Waals surface area contributed by atoms with Gasteiger partial charge in [0.15, 0.2) is 11.5 Å². The molecule has 0 saturated carbocycles. The normalized spacial score (nSPS) is 10.2. The molecule has 128 valence electrons. The Hall–Kier alpha value is -1.72. The van der Waals surface area contributed by atoms with E-state index in [1.165, 1.54) is 11.1 Å². The molecule has 1 heterocycles. The topological polar surface area (TPSA) is 48.3 Å². The SMILES string of the molecule is CCCn1cc(CNCCc2ccc(OC)c(OC)c2)cn1.Cl. The van der Waals surface area contributed by atoms with Gasteiger partial charge in [-0.15, -0.1) is 12.4 Å². The van der Waals surface area contributed by atoms with Gasteiger partial charge in [0.1, 0.15) is 0 Å². The molecular formula is C17H26ClN3O2. The van der Waals surface area contributed by atoms with E-state index in [0.717, 1.165) is 44.0 Å². The highest BCUT2D eigenvalue weighted by Crippen LogP contribution is 2.27. The van der Waals surface area contributed by atoms with Crippen molar-refractivity contribution in [2.75, 3.05) is 20.8 Å². The lowest BCUT2D eigenvalue weighted by atomic mass is 10.1. The minimum atomic E-state index is 0. The number of ether oxygens (including phenoxy) is 2. The first-order valence-electron chi connectivity index (χ1n) is 7.69. The molecule has 0 bridgehead atoms. The van der Waals surface area contributed by atoms with Crippen molar-refractivity contribution in [3.05, 3.63) is 41.7 Å². The van der Waals surface area contributed by atoms with Crippen molar-refractivity contribution in [2.24, 2.45) is 0 Å². The first kappa shape index (κ1) is 19.3. The van der Waals surface area contributed by atoms with Crippen LogP contribution in [0, 0.1) is 0 Å². The number of aryl methyl sites for hydroxylation is 1. The van der Waals surface area contributed by atoms with E-state index in [1.54, 1.807) is 14.2 Å². The molecular weight excluding hydrogens is 314 g/mol. The lowest BCUT2D eigenvalue weighted by Crippen LogP contribution is -2.16. The van der Waals surface area contributed by atoms with E-state index in [2.05, 4.69) is 29.6 Å². The Morgan fingerprint density at radius 3 is 2.61 bits per heavy atom. The minimum absolute atomic E-state index is 0. The number of methoxy groups -OCH3 is 2. The Balaban J connectivity index is 0.00000264. The summed E-state index contributed by atoms with van der Waals surface area (Å²) in [6.07, 6.45) is 6.09. The molecule has 0 aliphatic carbocycles. The highest BCUT2D eigenvalue weighted by molar-refractivity contribution is 5.85. The molecule has 1 N–H and O–H groups in total. The Morgan fingerprint density at radius 2 is 1.91 bits per heavy atom. The number of benzene rings is 1. The molecule has 2 aromatic rings. The van der Waals surface area contributed by atoms with E-state index in [-0.39, 0.29) is 12.4 Å². The van der Waals surface area contributed by atoms with Crippen LogP contribution >= 0.6 is 12.4 Å². The van der Waals surface area contributed by atoms with Crippen molar-refractivity contribution >= 4 is 12.4 Å². The fraction of sp³-hybridized carbons (Fsp3) is 0.471. The summed E-state index contributed by atoms with van der Waals surface area (Å²) in [5, 5.41) is 7.78. The van der Waals surface area contributed by atoms with Crippen molar-refractivity contribution < 1.29 is 9.47 Å². The van der Waals surface area contributed by atoms with Crippen LogP contribution in [0.5, 0.6) is 11.5 Å². The number of hydrogen-bond acceptors (Lipinski definition) is 4. The van der Waals surface area contributed by atoms with Gasteiger partial charge in [0, 0.05) is 24.8 Å². The summed E-state index contributed by atoms with van der Waals surface area (Å²) in [4.78, 5) is 0. The van der Waals surface area contributed by atoms with Crippen LogP contribution < -0.4 is 14.8 Å². The largest absolute Gasteiger partial charge is 0.493 e. The Labute approximate surface area is 144 Å². The van der Waals surface area contributed by atoms with Gasteiger partial charge in [-0.25, -0.2) is 0 Å². The van der Waals surface area contributed by atoms with Crippen LogP contribution in [0.3, 0.4) is 0 Å². The summed E-state index contributed by atoms with van der Waals surface area (Å²) in [6.45, 7) is 4.89. The van der Waals surface area contributed by atoms with Crippen LogP contribution in [0.1, 0.15) is 24.5 Å². The van der Waals surface area contributed by atoms with Crippen LogP contribution in [0.4, 0.5) is 0 Å². The first-order valence-corrected chi connectivity index (χ1v) is 7.69. The van der Waals surface area contributed by atoms with Crippen molar-refractivity contribution in [1.82, 2.24) is 15.1 Å². The van der Waals surface area contributed by atoms with Gasteiger partial charge < -0.3 is 14.8 Å². The van der Waals surface area contributed by atoms with Gasteiger partial charge in [0.05, 0.1) is 20.4 Å². The van der Waals surface area contributed by atoms with Gasteiger partial charge in [-0.3, -0.25) is 4.68 Å². The maximum Gasteiger partial charge on any atom is 0.160 e. The van der Waals surface area contributed by atoms with Gasteiger partial charge in [0.25, 0.3) is 0 Å². The standard InChI is InChI=1S/C17H25N3O2.ClH/c1-4-9-20-13-15(12-19-20)11-18-8-7-14-5-6-16(21-2)17(10-14)22-3;/h5-6,10,12-13,18H,4,7-9,11H2,1-3H3;1H. The average molecular weight is 340 g/mol. The molecule has 0 radical (unpaired) electrons. The maximum absolute atomic E-state index is 5.32. The highest BCUT2D eigenvalue weighted by Gasteiger charge is 2.04. The summed E-state index contributed by atoms with van der Waals surface area (Å²) >= 11 is 0. The fourth-order valence-electron chi connectivity index (χ4n) is 2.35. The van der Waals surface area contributed by atoms with Gasteiger partial charge >= 0.3 is 0 Å². The van der Waals surface area contributed by atoms with Crippen molar-refractivity contribution in [3.8, 4) is 11.5 Å². The van der Waals surface area contributed by atoms with Gasteiger partial charge in [0.2, 0.25) is 0 Å². The summed E-state index contributed by atoms with van der Waals surface area (Å²) in [5.41, 5.74) is 2.45. The molecule has 1 aromatic heterocycles. The third-order valence-electron chi connectivity index (χ3n) is 3.51. The molecule has 5 nitrogen and oxygen atoms in total. The molecule has 6 heteroatoms. The fourth-order valence-corrected chi connectivity index (χ4v) is 2.35. The zero-order chi connectivity index (χ0) is 15.8. The Bertz CT molecular complexity index is 587. The molecule has 0 unspecified atom stereocenters. The van der Waals surface area contributed by atoms with Gasteiger partial charge in [-0.2, -0.15) is 5.10 Å². The van der Waals surface area contributed by atoms with Crippen molar-refractivity contribution in [1.29, 1.82) is 0 Å². The van der Waals surface area contributed by atoms with E-state index in [9.17, 15) is 0 Å². The molecule has 0 saturated heterocycles. The third kappa shape index (κ3) is 5.77. The maximum atomic E-state index is 5.32. The van der Waals surface area contributed by atoms with Crippen LogP contribution in [0.2, 0.25) is 0 Å². The average Bonchev–Trinajstić information content (AvgIpc) is 2.99. The number of halogens is 1. The van der Waals surface area contributed by atoms with Crippen LogP contribution in [-0.2, 0) is 19.5 Å². The molecule has 0 amide bonds. The molecule has 0 aliphatic heterocycles. The van der Waals surface area contributed by atoms with E-state index < -0.39 is 0 Å². The second kappa shape index (κ2) is 10.1. The molecule has 1 aromatic carbocycles. The lowest BCUT2D eigenvalue weighted by molar-refractivity contribution is 0.354. The molecule has 0 atom stereocenters. The van der Waals surface area contributed by atoms with Crippen LogP contribution in [0.25, 0.3) is 0 Å². The Kier molecular flexibility index (Phi) is 8.51. The summed E-state index contributed by atoms with van der Waals surface area (Å²) in [6, 6.07) is 6.05. The van der Waals surface area contributed by atoms with E-state index in [0.29, 0.717) is 0 Å². The molecule has 0 spiro atoms. The number of rotatable bonds is 9. The minimum Gasteiger partial charge on any atom is -0.493 e. The summed E-state index contributed by atoms with van der Waals surface area (Å²) in [7, 11) is 3.31. The van der Waals surface area contributed by atoms with Crippen molar-refractivity contribution in [2.45, 2.75) is 32.9 Å². The Morgan fingerprint density at radius 1 is 1.13 bits per heavy atom. The van der Waals surface area contributed by atoms with E-state index in [1.807, 2.05) is 23.0 Å².